The first-order valence-electron chi connectivity index (χ1n) is 4.00. The van der Waals surface area contributed by atoms with Gasteiger partial charge < -0.3 is 0 Å². The third-order valence-electron chi connectivity index (χ3n) is 2.06. The number of fused-ring (bicyclic) bond motifs is 1. The van der Waals surface area contributed by atoms with Gasteiger partial charge in [-0.05, 0) is 18.6 Å². The predicted octanol–water partition coefficient (Wildman–Crippen LogP) is 4.50. The first-order valence-corrected chi connectivity index (χ1v) is 5.13. The summed E-state index contributed by atoms with van der Waals surface area (Å²) in [6.07, 6.45) is 1.54. The summed E-state index contributed by atoms with van der Waals surface area (Å²) >= 11 is 17.9. The van der Waals surface area contributed by atoms with E-state index in [9.17, 15) is 0 Å². The van der Waals surface area contributed by atoms with Crippen molar-refractivity contribution in [2.45, 2.75) is 6.92 Å². The molecule has 0 atom stereocenters. The van der Waals surface area contributed by atoms with E-state index in [2.05, 4.69) is 4.98 Å². The predicted molar refractivity (Wildman–Crippen MR) is 61.5 cm³/mol. The Balaban J connectivity index is 3.01. The summed E-state index contributed by atoms with van der Waals surface area (Å²) in [7, 11) is 0. The maximum absolute atomic E-state index is 6.05. The normalized spacial score (nSPS) is 10.9. The Bertz CT molecular complexity index is 508. The van der Waals surface area contributed by atoms with E-state index < -0.39 is 0 Å². The Morgan fingerprint density at radius 2 is 1.79 bits per heavy atom. The lowest BCUT2D eigenvalue weighted by Crippen LogP contribution is -1.86. The van der Waals surface area contributed by atoms with Crippen molar-refractivity contribution in [2.24, 2.45) is 0 Å². The second-order valence-corrected chi connectivity index (χ2v) is 4.20. The molecule has 72 valence electrons. The molecule has 0 saturated heterocycles. The minimum absolute atomic E-state index is 0.423. The zero-order valence-electron chi connectivity index (χ0n) is 7.31. The van der Waals surface area contributed by atoms with Crippen LogP contribution in [0.1, 0.15) is 5.56 Å². The molecule has 1 heterocycles. The van der Waals surface area contributed by atoms with Crippen LogP contribution in [0.4, 0.5) is 0 Å². The number of halogens is 3. The van der Waals surface area contributed by atoms with Crippen LogP contribution in [0.5, 0.6) is 0 Å². The average Bonchev–Trinajstić information content (AvgIpc) is 2.16. The zero-order valence-corrected chi connectivity index (χ0v) is 9.58. The van der Waals surface area contributed by atoms with Crippen LogP contribution in [0.15, 0.2) is 18.3 Å². The summed E-state index contributed by atoms with van der Waals surface area (Å²) in [6.45, 7) is 1.95. The number of aromatic nitrogens is 1. The fourth-order valence-electron chi connectivity index (χ4n) is 1.34. The van der Waals surface area contributed by atoms with Gasteiger partial charge in [0.1, 0.15) is 0 Å². The number of hydrogen-bond donors (Lipinski definition) is 0. The van der Waals surface area contributed by atoms with Gasteiger partial charge in [-0.1, -0.05) is 40.9 Å². The SMILES string of the molecule is Cc1ccc(Cl)c2c(Cl)c(Cl)cnc12. The molecule has 1 aromatic heterocycles. The number of nitrogens with zero attached hydrogens (tertiary/aromatic N) is 1. The van der Waals surface area contributed by atoms with E-state index in [-0.39, 0.29) is 0 Å². The molecule has 14 heavy (non-hydrogen) atoms. The van der Waals surface area contributed by atoms with Gasteiger partial charge in [0.15, 0.2) is 0 Å². The molecule has 2 aromatic rings. The van der Waals surface area contributed by atoms with E-state index in [1.165, 1.54) is 6.20 Å². The summed E-state index contributed by atoms with van der Waals surface area (Å²) in [5.41, 5.74) is 1.83. The smallest absolute Gasteiger partial charge is 0.0782 e. The summed E-state index contributed by atoms with van der Waals surface area (Å²) in [6, 6.07) is 3.70. The Labute approximate surface area is 96.6 Å². The monoisotopic (exact) mass is 245 g/mol. The van der Waals surface area contributed by atoms with Crippen LogP contribution >= 0.6 is 34.8 Å². The number of rotatable bonds is 0. The molecule has 0 aliphatic rings. The number of aryl methyl sites for hydroxylation is 1. The van der Waals surface area contributed by atoms with Crippen molar-refractivity contribution in [3.63, 3.8) is 0 Å². The number of hydrogen-bond acceptors (Lipinski definition) is 1. The van der Waals surface area contributed by atoms with Gasteiger partial charge in [-0.2, -0.15) is 0 Å². The highest BCUT2D eigenvalue weighted by Crippen LogP contribution is 2.35. The van der Waals surface area contributed by atoms with E-state index in [1.807, 2.05) is 13.0 Å². The lowest BCUT2D eigenvalue weighted by Gasteiger charge is -2.06. The molecule has 0 aliphatic heterocycles. The molecule has 0 N–H and O–H groups in total. The molecule has 0 fully saturated rings. The van der Waals surface area contributed by atoms with Crippen LogP contribution in [-0.2, 0) is 0 Å². The number of benzene rings is 1. The molecule has 4 heteroatoms. The second kappa shape index (κ2) is 3.58. The lowest BCUT2D eigenvalue weighted by atomic mass is 10.1. The van der Waals surface area contributed by atoms with Crippen LogP contribution in [0.3, 0.4) is 0 Å². The van der Waals surface area contributed by atoms with Crippen molar-refractivity contribution in [3.8, 4) is 0 Å². The Morgan fingerprint density at radius 1 is 1.07 bits per heavy atom. The van der Waals surface area contributed by atoms with Crippen molar-refractivity contribution in [3.05, 3.63) is 39.0 Å². The Hall–Kier alpha value is -0.500. The Morgan fingerprint density at radius 3 is 2.50 bits per heavy atom. The summed E-state index contributed by atoms with van der Waals surface area (Å²) in [4.78, 5) is 4.20. The fraction of sp³-hybridized carbons (Fsp3) is 0.100. The first kappa shape index (κ1) is 10.0. The zero-order chi connectivity index (χ0) is 10.3. The van der Waals surface area contributed by atoms with E-state index in [0.717, 1.165) is 16.5 Å². The highest BCUT2D eigenvalue weighted by atomic mass is 35.5. The van der Waals surface area contributed by atoms with Gasteiger partial charge in [0.25, 0.3) is 0 Å². The summed E-state index contributed by atoms with van der Waals surface area (Å²) < 4.78 is 0. The van der Waals surface area contributed by atoms with Crippen LogP contribution < -0.4 is 0 Å². The topological polar surface area (TPSA) is 12.9 Å². The summed E-state index contributed by atoms with van der Waals surface area (Å²) in [5, 5.41) is 2.18. The molecule has 0 unspecified atom stereocenters. The molecule has 1 aromatic carbocycles. The molecule has 0 bridgehead atoms. The largest absolute Gasteiger partial charge is 0.254 e. The van der Waals surface area contributed by atoms with Gasteiger partial charge in [-0.15, -0.1) is 0 Å². The van der Waals surface area contributed by atoms with E-state index in [4.69, 9.17) is 34.8 Å². The fourth-order valence-corrected chi connectivity index (χ4v) is 2.02. The van der Waals surface area contributed by atoms with Crippen LogP contribution in [0.2, 0.25) is 15.1 Å². The Kier molecular flexibility index (Phi) is 2.56. The molecule has 1 nitrogen and oxygen atoms in total. The number of pyridine rings is 1. The third kappa shape index (κ3) is 1.46. The lowest BCUT2D eigenvalue weighted by molar-refractivity contribution is 1.37. The highest BCUT2D eigenvalue weighted by molar-refractivity contribution is 6.47. The minimum atomic E-state index is 0.423. The standard InChI is InChI=1S/C10H6Cl3N/c1-5-2-3-6(11)8-9(13)7(12)4-14-10(5)8/h2-4H,1H3. The maximum atomic E-state index is 6.05. The van der Waals surface area contributed by atoms with Crippen LogP contribution in [0.25, 0.3) is 10.9 Å². The molecule has 0 spiro atoms. The van der Waals surface area contributed by atoms with Crippen LogP contribution in [-0.4, -0.2) is 4.98 Å². The molecule has 0 radical (unpaired) electrons. The van der Waals surface area contributed by atoms with Crippen molar-refractivity contribution in [2.75, 3.05) is 0 Å². The average molecular weight is 247 g/mol. The van der Waals surface area contributed by atoms with E-state index in [0.29, 0.717) is 15.1 Å². The minimum Gasteiger partial charge on any atom is -0.254 e. The van der Waals surface area contributed by atoms with E-state index in [1.54, 1.807) is 6.07 Å². The molecular formula is C10H6Cl3N. The van der Waals surface area contributed by atoms with E-state index >= 15 is 0 Å². The van der Waals surface area contributed by atoms with Crippen molar-refractivity contribution < 1.29 is 0 Å². The highest BCUT2D eigenvalue weighted by Gasteiger charge is 2.10. The van der Waals surface area contributed by atoms with Crippen molar-refractivity contribution in [1.29, 1.82) is 0 Å². The summed E-state index contributed by atoms with van der Waals surface area (Å²) in [5.74, 6) is 0. The van der Waals surface area contributed by atoms with Gasteiger partial charge >= 0.3 is 0 Å². The first-order chi connectivity index (χ1) is 6.61. The van der Waals surface area contributed by atoms with Gasteiger partial charge in [0.05, 0.1) is 20.6 Å². The molecule has 0 amide bonds. The van der Waals surface area contributed by atoms with Gasteiger partial charge in [-0.25, -0.2) is 0 Å². The molecular weight excluding hydrogens is 240 g/mol. The quantitative estimate of drug-likeness (QED) is 0.667. The molecule has 0 saturated carbocycles. The van der Waals surface area contributed by atoms with Crippen LogP contribution in [0, 0.1) is 6.92 Å². The molecule has 2 rings (SSSR count). The molecule has 0 aliphatic carbocycles. The second-order valence-electron chi connectivity index (χ2n) is 3.01. The third-order valence-corrected chi connectivity index (χ3v) is 3.16. The maximum Gasteiger partial charge on any atom is 0.0782 e. The van der Waals surface area contributed by atoms with Crippen molar-refractivity contribution >= 4 is 45.7 Å². The van der Waals surface area contributed by atoms with Gasteiger partial charge in [0.2, 0.25) is 0 Å². The van der Waals surface area contributed by atoms with Gasteiger partial charge in [-0.3, -0.25) is 4.98 Å². The van der Waals surface area contributed by atoms with Crippen molar-refractivity contribution in [1.82, 2.24) is 4.98 Å². The van der Waals surface area contributed by atoms with Gasteiger partial charge in [0, 0.05) is 11.6 Å².